The van der Waals surface area contributed by atoms with Crippen LogP contribution in [0.4, 0.5) is 0 Å². The molecule has 1 saturated heterocycles. The summed E-state index contributed by atoms with van der Waals surface area (Å²) in [5.41, 5.74) is 0. The van der Waals surface area contributed by atoms with Crippen LogP contribution >= 0.6 is 24.0 Å². The number of hydrogen-bond donors (Lipinski definition) is 2. The lowest BCUT2D eigenvalue weighted by Gasteiger charge is -2.27. The maximum atomic E-state index is 5.41. The lowest BCUT2D eigenvalue weighted by Crippen LogP contribution is -2.49. The van der Waals surface area contributed by atoms with Gasteiger partial charge in [0.05, 0.1) is 25.9 Å². The normalized spacial score (nSPS) is 19.2. The zero-order chi connectivity index (χ0) is 19.1. The van der Waals surface area contributed by atoms with Crippen LogP contribution in [-0.2, 0) is 23.1 Å². The number of hydrogen-bond acceptors (Lipinski definition) is 6. The van der Waals surface area contributed by atoms with E-state index in [4.69, 9.17) is 14.5 Å². The quantitative estimate of drug-likeness (QED) is 0.287. The number of nitrogens with one attached hydrogen (secondary N) is 2. The Morgan fingerprint density at radius 2 is 2.07 bits per heavy atom. The van der Waals surface area contributed by atoms with Gasteiger partial charge in [-0.05, 0) is 25.7 Å². The number of aryl methyl sites for hydroxylation is 1. The van der Waals surface area contributed by atoms with Crippen molar-refractivity contribution in [1.82, 2.24) is 30.3 Å². The number of halogens is 1. The molecule has 2 N–H and O–H groups in total. The Morgan fingerprint density at radius 3 is 2.68 bits per heavy atom. The van der Waals surface area contributed by atoms with Gasteiger partial charge < -0.3 is 24.7 Å². The van der Waals surface area contributed by atoms with Gasteiger partial charge in [-0.3, -0.25) is 4.90 Å². The van der Waals surface area contributed by atoms with E-state index < -0.39 is 0 Å². The predicted molar refractivity (Wildman–Crippen MR) is 119 cm³/mol. The molecule has 1 unspecified atom stereocenters. The molecule has 10 heteroatoms. The van der Waals surface area contributed by atoms with Crippen molar-refractivity contribution in [1.29, 1.82) is 0 Å². The van der Waals surface area contributed by atoms with Crippen LogP contribution in [0.5, 0.6) is 0 Å². The summed E-state index contributed by atoms with van der Waals surface area (Å²) in [7, 11) is 3.72. The van der Waals surface area contributed by atoms with E-state index in [0.29, 0.717) is 25.1 Å². The van der Waals surface area contributed by atoms with E-state index in [9.17, 15) is 0 Å². The lowest BCUT2D eigenvalue weighted by molar-refractivity contribution is 0.0389. The Morgan fingerprint density at radius 1 is 1.32 bits per heavy atom. The summed E-state index contributed by atoms with van der Waals surface area (Å²) in [6.07, 6.45) is 2.51. The van der Waals surface area contributed by atoms with Crippen LogP contribution in [0.15, 0.2) is 4.99 Å². The largest absolute Gasteiger partial charge is 0.383 e. The summed E-state index contributed by atoms with van der Waals surface area (Å²) in [6.45, 7) is 8.58. The van der Waals surface area contributed by atoms with Gasteiger partial charge in [-0.1, -0.05) is 0 Å². The van der Waals surface area contributed by atoms with Gasteiger partial charge in [-0.25, -0.2) is 4.99 Å². The molecule has 1 aromatic rings. The number of rotatable bonds is 9. The van der Waals surface area contributed by atoms with Crippen molar-refractivity contribution in [2.45, 2.75) is 32.4 Å². The second-order valence-corrected chi connectivity index (χ2v) is 7.31. The Hall–Kier alpha value is -0.980. The van der Waals surface area contributed by atoms with Gasteiger partial charge in [0.1, 0.15) is 12.4 Å². The third-order valence-corrected chi connectivity index (χ3v) is 5.24. The first-order valence-corrected chi connectivity index (χ1v) is 9.86. The fourth-order valence-electron chi connectivity index (χ4n) is 3.20. The molecule has 1 aliphatic carbocycles. The van der Waals surface area contributed by atoms with Gasteiger partial charge in [-0.15, -0.1) is 34.2 Å². The zero-order valence-electron chi connectivity index (χ0n) is 17.2. The third kappa shape index (κ3) is 7.12. The number of morpholine rings is 1. The Kier molecular flexibility index (Phi) is 9.89. The van der Waals surface area contributed by atoms with Crippen LogP contribution in [0.1, 0.15) is 24.5 Å². The standard InChI is InChI=1S/C18H33N7O2.HI/c1-14-22-23-17(24(14)2)12-20-18(21-16(13-26-3)15-4-5-15)19-6-7-25-8-10-27-11-9-25;/h15-16H,4-13H2,1-3H3,(H2,19,20,21);1H. The molecule has 2 aliphatic rings. The first kappa shape index (κ1) is 23.3. The minimum Gasteiger partial charge on any atom is -0.383 e. The fourth-order valence-corrected chi connectivity index (χ4v) is 3.20. The van der Waals surface area contributed by atoms with Gasteiger partial charge >= 0.3 is 0 Å². The molecular formula is C18H34IN7O2. The predicted octanol–water partition coefficient (Wildman–Crippen LogP) is 0.534. The Balaban J connectivity index is 0.00000280. The number of aromatic nitrogens is 3. The van der Waals surface area contributed by atoms with Crippen molar-refractivity contribution in [2.24, 2.45) is 18.0 Å². The van der Waals surface area contributed by atoms with Crippen molar-refractivity contribution in [3.05, 3.63) is 11.6 Å². The van der Waals surface area contributed by atoms with Crippen molar-refractivity contribution >= 4 is 29.9 Å². The van der Waals surface area contributed by atoms with Gasteiger partial charge in [0, 0.05) is 40.3 Å². The molecule has 1 saturated carbocycles. The van der Waals surface area contributed by atoms with Crippen molar-refractivity contribution in [3.63, 3.8) is 0 Å². The third-order valence-electron chi connectivity index (χ3n) is 5.24. The Bertz CT molecular complexity index is 615. The number of guanidine groups is 1. The number of aliphatic imine (C=N–C) groups is 1. The van der Waals surface area contributed by atoms with E-state index in [1.54, 1.807) is 7.11 Å². The molecule has 1 aliphatic heterocycles. The summed E-state index contributed by atoms with van der Waals surface area (Å²) in [5.74, 6) is 3.24. The monoisotopic (exact) mass is 507 g/mol. The van der Waals surface area contributed by atoms with E-state index in [2.05, 4.69) is 25.7 Å². The minimum atomic E-state index is 0. The van der Waals surface area contributed by atoms with Gasteiger partial charge in [-0.2, -0.15) is 0 Å². The number of nitrogens with zero attached hydrogens (tertiary/aromatic N) is 5. The molecule has 0 radical (unpaired) electrons. The van der Waals surface area contributed by atoms with E-state index in [1.807, 2.05) is 18.5 Å². The zero-order valence-corrected chi connectivity index (χ0v) is 19.5. The van der Waals surface area contributed by atoms with E-state index >= 15 is 0 Å². The highest BCUT2D eigenvalue weighted by atomic mass is 127. The highest BCUT2D eigenvalue weighted by Crippen LogP contribution is 2.32. The lowest BCUT2D eigenvalue weighted by atomic mass is 10.2. The second kappa shape index (κ2) is 11.9. The molecule has 0 aromatic carbocycles. The molecule has 1 atom stereocenters. The number of methoxy groups -OCH3 is 1. The van der Waals surface area contributed by atoms with Crippen LogP contribution in [-0.4, -0.2) is 84.8 Å². The van der Waals surface area contributed by atoms with Crippen LogP contribution in [0, 0.1) is 12.8 Å². The minimum absolute atomic E-state index is 0. The van der Waals surface area contributed by atoms with Crippen LogP contribution in [0.2, 0.25) is 0 Å². The smallest absolute Gasteiger partial charge is 0.192 e. The molecule has 2 heterocycles. The van der Waals surface area contributed by atoms with Gasteiger partial charge in [0.2, 0.25) is 0 Å². The topological polar surface area (TPSA) is 88.8 Å². The number of ether oxygens (including phenoxy) is 2. The average Bonchev–Trinajstić information content (AvgIpc) is 3.47. The molecule has 0 bridgehead atoms. The van der Waals surface area contributed by atoms with E-state index in [-0.39, 0.29) is 24.0 Å². The maximum Gasteiger partial charge on any atom is 0.192 e. The summed E-state index contributed by atoms with van der Waals surface area (Å²) in [5, 5.41) is 15.4. The van der Waals surface area contributed by atoms with Gasteiger partial charge in [0.15, 0.2) is 11.8 Å². The highest BCUT2D eigenvalue weighted by Gasteiger charge is 2.31. The average molecular weight is 507 g/mol. The summed E-state index contributed by atoms with van der Waals surface area (Å²) in [4.78, 5) is 7.17. The molecule has 160 valence electrons. The molecule has 0 spiro atoms. The molecule has 28 heavy (non-hydrogen) atoms. The summed E-state index contributed by atoms with van der Waals surface area (Å²) >= 11 is 0. The molecule has 2 fully saturated rings. The Labute approximate surface area is 184 Å². The second-order valence-electron chi connectivity index (χ2n) is 7.31. The molecule has 1 aromatic heterocycles. The fraction of sp³-hybridized carbons (Fsp3) is 0.833. The first-order valence-electron chi connectivity index (χ1n) is 9.86. The van der Waals surface area contributed by atoms with Crippen LogP contribution in [0.3, 0.4) is 0 Å². The van der Waals surface area contributed by atoms with Gasteiger partial charge in [0.25, 0.3) is 0 Å². The van der Waals surface area contributed by atoms with Crippen molar-refractivity contribution < 1.29 is 9.47 Å². The summed E-state index contributed by atoms with van der Waals surface area (Å²) in [6, 6.07) is 0.297. The van der Waals surface area contributed by atoms with Crippen molar-refractivity contribution in [2.75, 3.05) is 53.1 Å². The molecule has 9 nitrogen and oxygen atoms in total. The maximum absolute atomic E-state index is 5.41. The van der Waals surface area contributed by atoms with E-state index in [1.165, 1.54) is 12.8 Å². The molecule has 0 amide bonds. The van der Waals surface area contributed by atoms with Crippen molar-refractivity contribution in [3.8, 4) is 0 Å². The molecule has 3 rings (SSSR count). The summed E-state index contributed by atoms with van der Waals surface area (Å²) < 4.78 is 12.8. The molecular weight excluding hydrogens is 473 g/mol. The highest BCUT2D eigenvalue weighted by molar-refractivity contribution is 14.0. The van der Waals surface area contributed by atoms with Crippen LogP contribution < -0.4 is 10.6 Å². The van der Waals surface area contributed by atoms with Crippen LogP contribution in [0.25, 0.3) is 0 Å². The van der Waals surface area contributed by atoms with E-state index in [0.717, 1.165) is 57.0 Å². The first-order chi connectivity index (χ1) is 13.2. The SMILES string of the molecule is COCC(NC(=NCc1nnc(C)n1C)NCCN1CCOCC1)C1CC1.I.